The second-order valence-electron chi connectivity index (χ2n) is 4.43. The Hall–Kier alpha value is -1.51. The van der Waals surface area contributed by atoms with Crippen LogP contribution >= 0.6 is 0 Å². The number of hydrogen-bond acceptors (Lipinski definition) is 2. The fourth-order valence-electron chi connectivity index (χ4n) is 1.96. The lowest BCUT2D eigenvalue weighted by molar-refractivity contribution is -0.131. The SMILES string of the molecule is CCc1ccc(NC(C)C(=O)N(CC)CC)cc1. The van der Waals surface area contributed by atoms with Crippen LogP contribution in [0.1, 0.15) is 33.3 Å². The zero-order chi connectivity index (χ0) is 13.5. The average molecular weight is 248 g/mol. The third kappa shape index (κ3) is 3.76. The second-order valence-corrected chi connectivity index (χ2v) is 4.43. The molecule has 0 aliphatic carbocycles. The Balaban J connectivity index is 2.62. The number of carbonyl (C=O) groups excluding carboxylic acids is 1. The fourth-order valence-corrected chi connectivity index (χ4v) is 1.96. The number of amides is 1. The van der Waals surface area contributed by atoms with Crippen molar-refractivity contribution in [3.8, 4) is 0 Å². The van der Waals surface area contributed by atoms with Gasteiger partial charge in [0.05, 0.1) is 0 Å². The van der Waals surface area contributed by atoms with E-state index in [-0.39, 0.29) is 11.9 Å². The minimum absolute atomic E-state index is 0.152. The molecule has 1 N–H and O–H groups in total. The number of carbonyl (C=O) groups is 1. The zero-order valence-electron chi connectivity index (χ0n) is 11.9. The van der Waals surface area contributed by atoms with E-state index in [1.54, 1.807) is 0 Å². The van der Waals surface area contributed by atoms with E-state index in [2.05, 4.69) is 24.4 Å². The summed E-state index contributed by atoms with van der Waals surface area (Å²) in [6, 6.07) is 8.07. The van der Waals surface area contributed by atoms with E-state index in [0.29, 0.717) is 0 Å². The molecule has 0 saturated heterocycles. The third-order valence-corrected chi connectivity index (χ3v) is 3.19. The normalized spacial score (nSPS) is 12.0. The van der Waals surface area contributed by atoms with Crippen molar-refractivity contribution in [2.24, 2.45) is 0 Å². The monoisotopic (exact) mass is 248 g/mol. The van der Waals surface area contributed by atoms with Crippen LogP contribution in [0.3, 0.4) is 0 Å². The molecule has 0 heterocycles. The molecule has 1 atom stereocenters. The van der Waals surface area contributed by atoms with Crippen molar-refractivity contribution < 1.29 is 4.79 Å². The first-order valence-corrected chi connectivity index (χ1v) is 6.76. The first kappa shape index (κ1) is 14.6. The van der Waals surface area contributed by atoms with Crippen molar-refractivity contribution in [1.82, 2.24) is 4.90 Å². The predicted molar refractivity (Wildman–Crippen MR) is 76.8 cm³/mol. The quantitative estimate of drug-likeness (QED) is 0.839. The summed E-state index contributed by atoms with van der Waals surface area (Å²) in [5.41, 5.74) is 2.31. The van der Waals surface area contributed by atoms with E-state index < -0.39 is 0 Å². The highest BCUT2D eigenvalue weighted by atomic mass is 16.2. The van der Waals surface area contributed by atoms with Crippen LogP contribution in [0, 0.1) is 0 Å². The van der Waals surface area contributed by atoms with Gasteiger partial charge in [0.2, 0.25) is 5.91 Å². The van der Waals surface area contributed by atoms with E-state index in [9.17, 15) is 4.79 Å². The molecule has 18 heavy (non-hydrogen) atoms. The molecule has 1 aromatic carbocycles. The lowest BCUT2D eigenvalue weighted by Gasteiger charge is -2.24. The number of anilines is 1. The minimum Gasteiger partial charge on any atom is -0.374 e. The molecular weight excluding hydrogens is 224 g/mol. The first-order valence-electron chi connectivity index (χ1n) is 6.76. The summed E-state index contributed by atoms with van der Waals surface area (Å²) >= 11 is 0. The van der Waals surface area contributed by atoms with Crippen LogP contribution in [-0.2, 0) is 11.2 Å². The minimum atomic E-state index is -0.183. The van der Waals surface area contributed by atoms with Crippen molar-refractivity contribution in [3.63, 3.8) is 0 Å². The molecule has 0 aromatic heterocycles. The van der Waals surface area contributed by atoms with Crippen LogP contribution in [0.5, 0.6) is 0 Å². The maximum Gasteiger partial charge on any atom is 0.244 e. The molecule has 0 aliphatic rings. The van der Waals surface area contributed by atoms with Crippen LogP contribution < -0.4 is 5.32 Å². The molecular formula is C15H24N2O. The molecule has 1 amide bonds. The third-order valence-electron chi connectivity index (χ3n) is 3.19. The lowest BCUT2D eigenvalue weighted by Crippen LogP contribution is -2.41. The highest BCUT2D eigenvalue weighted by Gasteiger charge is 2.17. The fraction of sp³-hybridized carbons (Fsp3) is 0.533. The van der Waals surface area contributed by atoms with Gasteiger partial charge in [-0.25, -0.2) is 0 Å². The Morgan fingerprint density at radius 2 is 1.72 bits per heavy atom. The van der Waals surface area contributed by atoms with Gasteiger partial charge in [0.1, 0.15) is 6.04 Å². The summed E-state index contributed by atoms with van der Waals surface area (Å²) in [6.45, 7) is 9.57. The summed E-state index contributed by atoms with van der Waals surface area (Å²) in [7, 11) is 0. The number of likely N-dealkylation sites (N-methyl/N-ethyl adjacent to an activating group) is 1. The van der Waals surface area contributed by atoms with Crippen molar-refractivity contribution in [2.75, 3.05) is 18.4 Å². The Labute approximate surface area is 110 Å². The molecule has 1 aromatic rings. The number of hydrogen-bond donors (Lipinski definition) is 1. The van der Waals surface area contributed by atoms with E-state index in [4.69, 9.17) is 0 Å². The number of nitrogens with zero attached hydrogens (tertiary/aromatic N) is 1. The van der Waals surface area contributed by atoms with E-state index in [1.807, 2.05) is 37.8 Å². The first-order chi connectivity index (χ1) is 8.62. The Bertz CT molecular complexity index is 369. The van der Waals surface area contributed by atoms with Crippen molar-refractivity contribution in [3.05, 3.63) is 29.8 Å². The van der Waals surface area contributed by atoms with Gasteiger partial charge >= 0.3 is 0 Å². The van der Waals surface area contributed by atoms with Gasteiger partial charge in [0.25, 0.3) is 0 Å². The van der Waals surface area contributed by atoms with Crippen LogP contribution in [0.4, 0.5) is 5.69 Å². The molecule has 0 bridgehead atoms. The molecule has 1 unspecified atom stereocenters. The Kier molecular flexibility index (Phi) is 5.69. The second kappa shape index (κ2) is 7.04. The lowest BCUT2D eigenvalue weighted by atomic mass is 10.1. The Morgan fingerprint density at radius 1 is 1.17 bits per heavy atom. The molecule has 100 valence electrons. The van der Waals surface area contributed by atoms with Crippen molar-refractivity contribution in [1.29, 1.82) is 0 Å². The van der Waals surface area contributed by atoms with Gasteiger partial charge in [-0.15, -0.1) is 0 Å². The standard InChI is InChI=1S/C15H24N2O/c1-5-13-8-10-14(11-9-13)16-12(4)15(18)17(6-2)7-3/h8-12,16H,5-7H2,1-4H3. The van der Waals surface area contributed by atoms with Gasteiger partial charge in [-0.05, 0) is 44.9 Å². The van der Waals surface area contributed by atoms with E-state index in [0.717, 1.165) is 25.2 Å². The molecule has 3 heteroatoms. The largest absolute Gasteiger partial charge is 0.374 e. The van der Waals surface area contributed by atoms with Gasteiger partial charge in [-0.1, -0.05) is 19.1 Å². The Morgan fingerprint density at radius 3 is 2.17 bits per heavy atom. The maximum atomic E-state index is 12.1. The zero-order valence-corrected chi connectivity index (χ0v) is 11.9. The molecule has 0 spiro atoms. The van der Waals surface area contributed by atoms with Crippen molar-refractivity contribution in [2.45, 2.75) is 40.2 Å². The average Bonchev–Trinajstić information content (AvgIpc) is 2.40. The molecule has 3 nitrogen and oxygen atoms in total. The summed E-state index contributed by atoms with van der Waals surface area (Å²) in [6.07, 6.45) is 1.04. The molecule has 0 radical (unpaired) electrons. The van der Waals surface area contributed by atoms with Gasteiger partial charge in [0, 0.05) is 18.8 Å². The molecule has 1 rings (SSSR count). The van der Waals surface area contributed by atoms with Crippen LogP contribution in [0.25, 0.3) is 0 Å². The number of aryl methyl sites for hydroxylation is 1. The van der Waals surface area contributed by atoms with Crippen LogP contribution in [0.15, 0.2) is 24.3 Å². The smallest absolute Gasteiger partial charge is 0.244 e. The van der Waals surface area contributed by atoms with E-state index in [1.165, 1.54) is 5.56 Å². The molecule has 0 saturated carbocycles. The van der Waals surface area contributed by atoms with Gasteiger partial charge in [-0.3, -0.25) is 4.79 Å². The summed E-state index contributed by atoms with van der Waals surface area (Å²) < 4.78 is 0. The van der Waals surface area contributed by atoms with Gasteiger partial charge in [-0.2, -0.15) is 0 Å². The summed E-state index contributed by atoms with van der Waals surface area (Å²) in [4.78, 5) is 13.9. The van der Waals surface area contributed by atoms with Gasteiger partial charge in [0.15, 0.2) is 0 Å². The number of benzene rings is 1. The van der Waals surface area contributed by atoms with Crippen molar-refractivity contribution >= 4 is 11.6 Å². The summed E-state index contributed by atoms with van der Waals surface area (Å²) in [5, 5.41) is 3.25. The van der Waals surface area contributed by atoms with Crippen LogP contribution in [0.2, 0.25) is 0 Å². The van der Waals surface area contributed by atoms with Gasteiger partial charge < -0.3 is 10.2 Å². The van der Waals surface area contributed by atoms with Crippen LogP contribution in [-0.4, -0.2) is 29.9 Å². The highest BCUT2D eigenvalue weighted by molar-refractivity contribution is 5.84. The number of nitrogens with one attached hydrogen (secondary N) is 1. The maximum absolute atomic E-state index is 12.1. The van der Waals surface area contributed by atoms with E-state index >= 15 is 0 Å². The summed E-state index contributed by atoms with van der Waals surface area (Å²) in [5.74, 6) is 0.152. The molecule has 0 aliphatic heterocycles. The topological polar surface area (TPSA) is 32.3 Å². The predicted octanol–water partition coefficient (Wildman–Crippen LogP) is 2.92. The highest BCUT2D eigenvalue weighted by Crippen LogP contribution is 2.12. The molecule has 0 fully saturated rings. The number of rotatable bonds is 6.